The molecular formula is C7H20N5NaO3. The van der Waals surface area contributed by atoms with E-state index in [2.05, 4.69) is 17.2 Å². The van der Waals surface area contributed by atoms with Gasteiger partial charge in [0.25, 0.3) is 0 Å². The van der Waals surface area contributed by atoms with Gasteiger partial charge in [-0.1, -0.05) is 0 Å². The average molecular weight is 245 g/mol. The first-order chi connectivity index (χ1) is 7.18. The van der Waals surface area contributed by atoms with Gasteiger partial charge in [0.15, 0.2) is 0 Å². The molecule has 1 heterocycles. The minimum atomic E-state index is -0.740. The summed E-state index contributed by atoms with van der Waals surface area (Å²) < 4.78 is 0. The summed E-state index contributed by atoms with van der Waals surface area (Å²) in [7, 11) is 4.50. The second-order valence-corrected chi connectivity index (χ2v) is 1.60. The third kappa shape index (κ3) is 15.9. The fraction of sp³-hybridized carbons (Fsp3) is 0.571. The van der Waals surface area contributed by atoms with Gasteiger partial charge in [-0.2, -0.15) is 0 Å². The van der Waals surface area contributed by atoms with Crippen LogP contribution in [-0.4, -0.2) is 39.0 Å². The SMILES string of the molecule is CN.CN.CN.O=C1CC(=O)NC(=O)N1.[H-].[Na+]. The van der Waals surface area contributed by atoms with Crippen molar-refractivity contribution in [2.24, 2.45) is 17.2 Å². The van der Waals surface area contributed by atoms with Crippen molar-refractivity contribution in [2.75, 3.05) is 21.1 Å². The molecule has 0 aromatic rings. The summed E-state index contributed by atoms with van der Waals surface area (Å²) in [6.45, 7) is 0. The second-order valence-electron chi connectivity index (χ2n) is 1.60. The van der Waals surface area contributed by atoms with Gasteiger partial charge < -0.3 is 18.6 Å². The van der Waals surface area contributed by atoms with Crippen molar-refractivity contribution in [1.29, 1.82) is 0 Å². The van der Waals surface area contributed by atoms with Crippen LogP contribution in [0.15, 0.2) is 0 Å². The molecule has 0 radical (unpaired) electrons. The number of nitrogens with one attached hydrogen (secondary N) is 2. The predicted molar refractivity (Wildman–Crippen MR) is 57.7 cm³/mol. The van der Waals surface area contributed by atoms with E-state index >= 15 is 0 Å². The summed E-state index contributed by atoms with van der Waals surface area (Å²) in [5.41, 5.74) is 13.5. The van der Waals surface area contributed by atoms with E-state index in [1.165, 1.54) is 21.1 Å². The van der Waals surface area contributed by atoms with Crippen LogP contribution in [0.2, 0.25) is 0 Å². The summed E-state index contributed by atoms with van der Waals surface area (Å²) in [6, 6.07) is -0.740. The average Bonchev–Trinajstić information content (AvgIpc) is 2.24. The molecule has 0 aliphatic carbocycles. The molecule has 4 amide bonds. The molecule has 16 heavy (non-hydrogen) atoms. The maximum absolute atomic E-state index is 10.3. The summed E-state index contributed by atoms with van der Waals surface area (Å²) in [4.78, 5) is 30.8. The van der Waals surface area contributed by atoms with E-state index in [1.807, 2.05) is 10.6 Å². The van der Waals surface area contributed by atoms with Gasteiger partial charge in [-0.15, -0.1) is 0 Å². The second kappa shape index (κ2) is 20.0. The van der Waals surface area contributed by atoms with Gasteiger partial charge in [0.1, 0.15) is 6.42 Å². The Kier molecular flexibility index (Phi) is 30.8. The molecule has 0 aromatic heterocycles. The maximum atomic E-state index is 10.3. The summed E-state index contributed by atoms with van der Waals surface area (Å²) in [5.74, 6) is -1.10. The van der Waals surface area contributed by atoms with Gasteiger partial charge in [0.05, 0.1) is 0 Å². The number of nitrogens with two attached hydrogens (primary N) is 3. The van der Waals surface area contributed by atoms with Crippen molar-refractivity contribution < 1.29 is 45.4 Å². The Morgan fingerprint density at radius 1 is 0.875 bits per heavy atom. The van der Waals surface area contributed by atoms with Crippen molar-refractivity contribution >= 4 is 17.8 Å². The van der Waals surface area contributed by atoms with E-state index < -0.39 is 17.8 Å². The van der Waals surface area contributed by atoms with Crippen molar-refractivity contribution in [3.8, 4) is 0 Å². The molecule has 0 aromatic carbocycles. The Balaban J connectivity index is -0.0000000530. The van der Waals surface area contributed by atoms with Gasteiger partial charge in [-0.3, -0.25) is 20.2 Å². The number of urea groups is 1. The van der Waals surface area contributed by atoms with Crippen LogP contribution in [-0.2, 0) is 9.59 Å². The molecule has 0 unspecified atom stereocenters. The Morgan fingerprint density at radius 3 is 1.31 bits per heavy atom. The van der Waals surface area contributed by atoms with Crippen LogP contribution < -0.4 is 57.4 Å². The standard InChI is InChI=1S/C4H4N2O3.3CH5N.Na.H/c7-2-1-3(8)6-4(9)5-2;3*1-2;;/h1H2,(H2,5,6,7,8,9);3*2H2,1H3;;/q;;;;+1;-1. The molecule has 1 aliphatic heterocycles. The van der Waals surface area contributed by atoms with E-state index in [9.17, 15) is 14.4 Å². The smallest absolute Gasteiger partial charge is 1.00 e. The van der Waals surface area contributed by atoms with E-state index in [1.54, 1.807) is 0 Å². The van der Waals surface area contributed by atoms with Gasteiger partial charge in [0.2, 0.25) is 11.8 Å². The molecule has 1 rings (SSSR count). The first-order valence-electron chi connectivity index (χ1n) is 4.05. The summed E-state index contributed by atoms with van der Waals surface area (Å²) >= 11 is 0. The number of amides is 4. The molecule has 9 heteroatoms. The number of hydrogen-bond donors (Lipinski definition) is 5. The Hall–Kier alpha value is -0.510. The van der Waals surface area contributed by atoms with Gasteiger partial charge in [-0.05, 0) is 21.1 Å². The van der Waals surface area contributed by atoms with Crippen LogP contribution in [0.3, 0.4) is 0 Å². The number of imide groups is 2. The number of carbonyl (C=O) groups excluding carboxylic acids is 3. The zero-order valence-electron chi connectivity index (χ0n) is 11.2. The van der Waals surface area contributed by atoms with Crippen molar-refractivity contribution in [3.63, 3.8) is 0 Å². The number of carbonyl (C=O) groups is 3. The molecule has 8 nitrogen and oxygen atoms in total. The molecule has 1 saturated heterocycles. The van der Waals surface area contributed by atoms with E-state index in [0.29, 0.717) is 0 Å². The minimum Gasteiger partial charge on any atom is -1.00 e. The monoisotopic (exact) mass is 245 g/mol. The van der Waals surface area contributed by atoms with Crippen LogP contribution in [0.4, 0.5) is 4.79 Å². The first kappa shape index (κ1) is 24.6. The maximum Gasteiger partial charge on any atom is 1.00 e. The fourth-order valence-electron chi connectivity index (χ4n) is 0.519. The quantitative estimate of drug-likeness (QED) is 0.212. The van der Waals surface area contributed by atoms with Gasteiger partial charge in [0, 0.05) is 0 Å². The topological polar surface area (TPSA) is 153 Å². The molecule has 0 saturated carbocycles. The number of rotatable bonds is 0. The largest absolute Gasteiger partial charge is 1.00 e. The zero-order valence-corrected chi connectivity index (χ0v) is 12.2. The van der Waals surface area contributed by atoms with E-state index in [4.69, 9.17) is 0 Å². The zero-order chi connectivity index (χ0) is 12.9. The summed E-state index contributed by atoms with van der Waals surface area (Å²) in [6.07, 6.45) is -0.258. The molecule has 92 valence electrons. The Morgan fingerprint density at radius 2 is 1.12 bits per heavy atom. The molecule has 1 fully saturated rings. The molecule has 0 spiro atoms. The predicted octanol–water partition coefficient (Wildman–Crippen LogP) is -5.42. The summed E-state index contributed by atoms with van der Waals surface area (Å²) in [5, 5.41) is 3.80. The van der Waals surface area contributed by atoms with Gasteiger partial charge in [-0.25, -0.2) is 4.79 Å². The van der Waals surface area contributed by atoms with E-state index in [-0.39, 0.29) is 37.4 Å². The first-order valence-corrected chi connectivity index (χ1v) is 4.05. The normalized spacial score (nSPS) is 11.8. The third-order valence-electron chi connectivity index (χ3n) is 0.827. The Bertz CT molecular complexity index is 161. The van der Waals surface area contributed by atoms with Crippen LogP contribution in [0.5, 0.6) is 0 Å². The third-order valence-corrected chi connectivity index (χ3v) is 0.827. The van der Waals surface area contributed by atoms with Crippen molar-refractivity contribution in [2.45, 2.75) is 6.42 Å². The fourth-order valence-corrected chi connectivity index (χ4v) is 0.519. The Labute approximate surface area is 118 Å². The number of hydrogen-bond acceptors (Lipinski definition) is 6. The van der Waals surface area contributed by atoms with Crippen LogP contribution in [0.25, 0.3) is 0 Å². The van der Waals surface area contributed by atoms with E-state index in [0.717, 1.165) is 0 Å². The van der Waals surface area contributed by atoms with Crippen LogP contribution in [0, 0.1) is 0 Å². The van der Waals surface area contributed by atoms with Crippen LogP contribution >= 0.6 is 0 Å². The molecule has 0 atom stereocenters. The number of barbiturate groups is 1. The molecule has 8 N–H and O–H groups in total. The van der Waals surface area contributed by atoms with Gasteiger partial charge >= 0.3 is 35.6 Å². The van der Waals surface area contributed by atoms with Crippen LogP contribution in [0.1, 0.15) is 7.85 Å². The molecular weight excluding hydrogens is 225 g/mol. The molecule has 0 bridgehead atoms. The minimum absolute atomic E-state index is 0. The van der Waals surface area contributed by atoms with Crippen molar-refractivity contribution in [1.82, 2.24) is 10.6 Å². The molecule has 1 aliphatic rings. The van der Waals surface area contributed by atoms with Crippen molar-refractivity contribution in [3.05, 3.63) is 0 Å².